The minimum absolute atomic E-state index is 0.0511. The van der Waals surface area contributed by atoms with Gasteiger partial charge in [-0.1, -0.05) is 6.92 Å². The van der Waals surface area contributed by atoms with Crippen LogP contribution in [0.25, 0.3) is 0 Å². The molecule has 29 heavy (non-hydrogen) atoms. The highest BCUT2D eigenvalue weighted by atomic mass is 16.2. The van der Waals surface area contributed by atoms with Crippen molar-refractivity contribution in [3.8, 4) is 0 Å². The molecule has 152 valence electrons. The lowest BCUT2D eigenvalue weighted by Crippen LogP contribution is -2.32. The Bertz CT molecular complexity index is 867. The molecule has 3 heterocycles. The van der Waals surface area contributed by atoms with Crippen LogP contribution in [0.4, 0.5) is 11.4 Å². The minimum atomic E-state index is -0.256. The molecule has 0 saturated carbocycles. The van der Waals surface area contributed by atoms with Crippen molar-refractivity contribution in [3.63, 3.8) is 0 Å². The molecule has 2 aromatic rings. The van der Waals surface area contributed by atoms with E-state index in [0.29, 0.717) is 11.1 Å². The van der Waals surface area contributed by atoms with Gasteiger partial charge in [0.2, 0.25) is 0 Å². The van der Waals surface area contributed by atoms with E-state index in [9.17, 15) is 9.59 Å². The fourth-order valence-electron chi connectivity index (χ4n) is 4.01. The number of carbonyl (C=O) groups is 2. The molecule has 6 nitrogen and oxygen atoms in total. The first-order valence-electron chi connectivity index (χ1n) is 10.5. The van der Waals surface area contributed by atoms with E-state index in [-0.39, 0.29) is 11.8 Å². The summed E-state index contributed by atoms with van der Waals surface area (Å²) in [6, 6.07) is 9.59. The zero-order chi connectivity index (χ0) is 20.2. The SMILES string of the molecule is CC1CCN(c2ccc(NC(=O)c3cncc(C(=O)N4CCCC4)c3)cc2)CC1. The summed E-state index contributed by atoms with van der Waals surface area (Å²) < 4.78 is 0. The van der Waals surface area contributed by atoms with Crippen molar-refractivity contribution in [1.82, 2.24) is 9.88 Å². The number of hydrogen-bond acceptors (Lipinski definition) is 4. The molecule has 1 aromatic heterocycles. The van der Waals surface area contributed by atoms with Crippen molar-refractivity contribution in [2.24, 2.45) is 5.92 Å². The van der Waals surface area contributed by atoms with E-state index in [2.05, 4.69) is 34.3 Å². The van der Waals surface area contributed by atoms with Crippen molar-refractivity contribution in [2.75, 3.05) is 36.4 Å². The van der Waals surface area contributed by atoms with Gasteiger partial charge in [-0.25, -0.2) is 0 Å². The number of carbonyl (C=O) groups excluding carboxylic acids is 2. The van der Waals surface area contributed by atoms with Crippen LogP contribution >= 0.6 is 0 Å². The first kappa shape index (κ1) is 19.4. The van der Waals surface area contributed by atoms with Gasteiger partial charge < -0.3 is 15.1 Å². The molecule has 4 rings (SSSR count). The second kappa shape index (κ2) is 8.64. The van der Waals surface area contributed by atoms with Gasteiger partial charge in [0.05, 0.1) is 11.1 Å². The number of piperidine rings is 1. The normalized spacial score (nSPS) is 17.4. The first-order chi connectivity index (χ1) is 14.1. The fraction of sp³-hybridized carbons (Fsp3) is 0.435. The molecule has 0 radical (unpaired) electrons. The molecule has 2 amide bonds. The first-order valence-corrected chi connectivity index (χ1v) is 10.5. The highest BCUT2D eigenvalue weighted by Crippen LogP contribution is 2.24. The zero-order valence-electron chi connectivity index (χ0n) is 16.9. The van der Waals surface area contributed by atoms with Gasteiger partial charge in [0, 0.05) is 49.9 Å². The van der Waals surface area contributed by atoms with Crippen molar-refractivity contribution >= 4 is 23.2 Å². The van der Waals surface area contributed by atoms with E-state index in [0.717, 1.165) is 50.6 Å². The average Bonchev–Trinajstić information content (AvgIpc) is 3.29. The molecule has 2 aliphatic rings. The lowest BCUT2D eigenvalue weighted by Gasteiger charge is -2.32. The number of nitrogens with one attached hydrogen (secondary N) is 1. The van der Waals surface area contributed by atoms with Gasteiger partial charge in [0.1, 0.15) is 0 Å². The molecule has 0 spiro atoms. The monoisotopic (exact) mass is 392 g/mol. The maximum absolute atomic E-state index is 12.6. The largest absolute Gasteiger partial charge is 0.372 e. The van der Waals surface area contributed by atoms with Crippen LogP contribution in [0.3, 0.4) is 0 Å². The van der Waals surface area contributed by atoms with E-state index < -0.39 is 0 Å². The molecule has 2 aliphatic heterocycles. The Hall–Kier alpha value is -2.89. The van der Waals surface area contributed by atoms with Crippen LogP contribution in [0.2, 0.25) is 0 Å². The van der Waals surface area contributed by atoms with Gasteiger partial charge in [-0.15, -0.1) is 0 Å². The van der Waals surface area contributed by atoms with E-state index >= 15 is 0 Å². The molecule has 6 heteroatoms. The summed E-state index contributed by atoms with van der Waals surface area (Å²) in [5, 5.41) is 2.91. The maximum atomic E-state index is 12.6. The lowest BCUT2D eigenvalue weighted by atomic mass is 9.99. The van der Waals surface area contributed by atoms with E-state index in [1.807, 2.05) is 17.0 Å². The van der Waals surface area contributed by atoms with Gasteiger partial charge in [0.25, 0.3) is 11.8 Å². The number of pyridine rings is 1. The van der Waals surface area contributed by atoms with Crippen molar-refractivity contribution in [3.05, 3.63) is 53.9 Å². The van der Waals surface area contributed by atoms with Crippen LogP contribution in [0.5, 0.6) is 0 Å². The number of likely N-dealkylation sites (tertiary alicyclic amines) is 1. The Morgan fingerprint density at radius 3 is 2.31 bits per heavy atom. The number of hydrogen-bond donors (Lipinski definition) is 1. The Kier molecular flexibility index (Phi) is 5.79. The van der Waals surface area contributed by atoms with Crippen LogP contribution in [0.15, 0.2) is 42.7 Å². The number of rotatable bonds is 4. The molecule has 2 saturated heterocycles. The second-order valence-corrected chi connectivity index (χ2v) is 8.13. The number of benzene rings is 1. The second-order valence-electron chi connectivity index (χ2n) is 8.13. The average molecular weight is 393 g/mol. The maximum Gasteiger partial charge on any atom is 0.257 e. The van der Waals surface area contributed by atoms with Crippen LogP contribution < -0.4 is 10.2 Å². The molecule has 1 N–H and O–H groups in total. The number of aromatic nitrogens is 1. The summed E-state index contributed by atoms with van der Waals surface area (Å²) in [6.07, 6.45) is 7.54. The molecule has 1 aromatic carbocycles. The minimum Gasteiger partial charge on any atom is -0.372 e. The summed E-state index contributed by atoms with van der Waals surface area (Å²) in [4.78, 5) is 33.5. The summed E-state index contributed by atoms with van der Waals surface area (Å²) in [5.74, 6) is 0.490. The van der Waals surface area contributed by atoms with Gasteiger partial charge in [-0.05, 0) is 61.9 Å². The molecule has 0 bridgehead atoms. The van der Waals surface area contributed by atoms with Crippen molar-refractivity contribution < 1.29 is 9.59 Å². The quantitative estimate of drug-likeness (QED) is 0.859. The Morgan fingerprint density at radius 1 is 0.966 bits per heavy atom. The number of nitrogens with zero attached hydrogens (tertiary/aromatic N) is 3. The van der Waals surface area contributed by atoms with Crippen LogP contribution in [-0.4, -0.2) is 47.9 Å². The summed E-state index contributed by atoms with van der Waals surface area (Å²) in [6.45, 7) is 6.01. The van der Waals surface area contributed by atoms with Gasteiger partial charge in [-0.2, -0.15) is 0 Å². The predicted molar refractivity (Wildman–Crippen MR) is 114 cm³/mol. The number of amides is 2. The van der Waals surface area contributed by atoms with Gasteiger partial charge in [0.15, 0.2) is 0 Å². The highest BCUT2D eigenvalue weighted by Gasteiger charge is 2.21. The van der Waals surface area contributed by atoms with E-state index in [1.54, 1.807) is 6.07 Å². The molecular weight excluding hydrogens is 364 g/mol. The van der Waals surface area contributed by atoms with Gasteiger partial charge >= 0.3 is 0 Å². The molecule has 0 unspecified atom stereocenters. The molecule has 0 aliphatic carbocycles. The number of anilines is 2. The smallest absolute Gasteiger partial charge is 0.257 e. The lowest BCUT2D eigenvalue weighted by molar-refractivity contribution is 0.0792. The van der Waals surface area contributed by atoms with Gasteiger partial charge in [-0.3, -0.25) is 14.6 Å². The topological polar surface area (TPSA) is 65.5 Å². The Labute approximate surface area is 171 Å². The standard InChI is InChI=1S/C23H28N4O2/c1-17-8-12-26(13-9-17)21-6-4-20(5-7-21)25-22(28)18-14-19(16-24-15-18)23(29)27-10-2-3-11-27/h4-7,14-17H,2-3,8-13H2,1H3,(H,25,28). The highest BCUT2D eigenvalue weighted by molar-refractivity contribution is 6.05. The fourth-order valence-corrected chi connectivity index (χ4v) is 4.01. The van der Waals surface area contributed by atoms with Crippen LogP contribution in [0, 0.1) is 5.92 Å². The molecular formula is C23H28N4O2. The summed E-state index contributed by atoms with van der Waals surface area (Å²) >= 11 is 0. The summed E-state index contributed by atoms with van der Waals surface area (Å²) in [5.41, 5.74) is 2.79. The zero-order valence-corrected chi connectivity index (χ0v) is 16.9. The third-order valence-corrected chi connectivity index (χ3v) is 5.91. The Morgan fingerprint density at radius 2 is 1.62 bits per heavy atom. The van der Waals surface area contributed by atoms with Crippen LogP contribution in [-0.2, 0) is 0 Å². The van der Waals surface area contributed by atoms with E-state index in [4.69, 9.17) is 0 Å². The third-order valence-electron chi connectivity index (χ3n) is 5.91. The van der Waals surface area contributed by atoms with Crippen LogP contribution in [0.1, 0.15) is 53.3 Å². The molecule has 0 atom stereocenters. The third kappa shape index (κ3) is 4.58. The predicted octanol–water partition coefficient (Wildman–Crippen LogP) is 3.81. The Balaban J connectivity index is 1.40. The van der Waals surface area contributed by atoms with Crippen molar-refractivity contribution in [2.45, 2.75) is 32.6 Å². The summed E-state index contributed by atoms with van der Waals surface area (Å²) in [7, 11) is 0. The van der Waals surface area contributed by atoms with E-state index in [1.165, 1.54) is 30.9 Å². The molecule has 2 fully saturated rings. The van der Waals surface area contributed by atoms with Crippen molar-refractivity contribution in [1.29, 1.82) is 0 Å².